The van der Waals surface area contributed by atoms with Gasteiger partial charge in [0.25, 0.3) is 0 Å². The van der Waals surface area contributed by atoms with Gasteiger partial charge in [-0.1, -0.05) is 69.7 Å². The summed E-state index contributed by atoms with van der Waals surface area (Å²) >= 11 is 5.07. The number of para-hydroxylation sites is 2. The monoisotopic (exact) mass is 473 g/mol. The zero-order chi connectivity index (χ0) is 20.3. The Labute approximate surface area is 185 Å². The Kier molecular flexibility index (Phi) is 5.13. The predicted octanol–water partition coefficient (Wildman–Crippen LogP) is 6.36. The van der Waals surface area contributed by atoms with Crippen LogP contribution in [0.1, 0.15) is 5.56 Å². The number of halogens is 1. The Morgan fingerprint density at radius 1 is 0.933 bits per heavy atom. The molecule has 0 aliphatic rings. The highest BCUT2D eigenvalue weighted by Crippen LogP contribution is 2.26. The minimum atomic E-state index is 0.757. The average Bonchev–Trinajstić information content (AvgIpc) is 3.39. The van der Waals surface area contributed by atoms with Gasteiger partial charge in [-0.15, -0.1) is 0 Å². The lowest BCUT2D eigenvalue weighted by atomic mass is 10.1. The lowest BCUT2D eigenvalue weighted by Gasteiger charge is -2.00. The molecular formula is C23H16BrN5S. The van der Waals surface area contributed by atoms with Crippen LogP contribution < -0.4 is 5.43 Å². The van der Waals surface area contributed by atoms with E-state index in [4.69, 9.17) is 5.10 Å². The zero-order valence-electron chi connectivity index (χ0n) is 15.7. The number of anilines is 1. The molecule has 0 saturated carbocycles. The maximum atomic E-state index is 4.81. The SMILES string of the molecule is Brc1ccc(-c2nn(-c3ccccc3)cc2/C=N\Nc2nc3ccccc3s2)cc1. The van der Waals surface area contributed by atoms with Crippen LogP contribution in [0.5, 0.6) is 0 Å². The maximum Gasteiger partial charge on any atom is 0.204 e. The summed E-state index contributed by atoms with van der Waals surface area (Å²) < 4.78 is 4.03. The van der Waals surface area contributed by atoms with Gasteiger partial charge in [0.15, 0.2) is 0 Å². The van der Waals surface area contributed by atoms with E-state index < -0.39 is 0 Å². The number of hydrazone groups is 1. The van der Waals surface area contributed by atoms with Gasteiger partial charge >= 0.3 is 0 Å². The normalized spacial score (nSPS) is 11.4. The molecule has 0 unspecified atom stereocenters. The summed E-state index contributed by atoms with van der Waals surface area (Å²) in [5.74, 6) is 0. The summed E-state index contributed by atoms with van der Waals surface area (Å²) in [5.41, 5.74) is 7.81. The van der Waals surface area contributed by atoms with Gasteiger partial charge in [-0.3, -0.25) is 5.43 Å². The summed E-state index contributed by atoms with van der Waals surface area (Å²) in [6, 6.07) is 26.2. The number of benzene rings is 3. The summed E-state index contributed by atoms with van der Waals surface area (Å²) in [4.78, 5) is 4.55. The van der Waals surface area contributed by atoms with Crippen LogP contribution in [-0.4, -0.2) is 21.0 Å². The second-order valence-electron chi connectivity index (χ2n) is 6.58. The van der Waals surface area contributed by atoms with Crippen LogP contribution in [0.25, 0.3) is 27.2 Å². The highest BCUT2D eigenvalue weighted by molar-refractivity contribution is 9.10. The molecule has 0 bridgehead atoms. The molecule has 0 amide bonds. The van der Waals surface area contributed by atoms with Crippen molar-refractivity contribution in [1.82, 2.24) is 14.8 Å². The van der Waals surface area contributed by atoms with Gasteiger partial charge in [-0.2, -0.15) is 10.2 Å². The maximum absolute atomic E-state index is 4.81. The van der Waals surface area contributed by atoms with Crippen LogP contribution >= 0.6 is 27.3 Å². The van der Waals surface area contributed by atoms with Gasteiger partial charge in [0.1, 0.15) is 5.69 Å². The number of rotatable bonds is 5. The largest absolute Gasteiger partial charge is 0.253 e. The van der Waals surface area contributed by atoms with Crippen molar-refractivity contribution in [3.63, 3.8) is 0 Å². The molecule has 146 valence electrons. The van der Waals surface area contributed by atoms with Crippen molar-refractivity contribution < 1.29 is 0 Å². The first-order chi connectivity index (χ1) is 14.8. The van der Waals surface area contributed by atoms with Gasteiger partial charge < -0.3 is 0 Å². The average molecular weight is 474 g/mol. The predicted molar refractivity (Wildman–Crippen MR) is 128 cm³/mol. The number of fused-ring (bicyclic) bond motifs is 1. The van der Waals surface area contributed by atoms with Gasteiger partial charge in [0, 0.05) is 21.8 Å². The molecule has 5 aromatic rings. The second-order valence-corrected chi connectivity index (χ2v) is 8.52. The summed E-state index contributed by atoms with van der Waals surface area (Å²) in [5, 5.41) is 10.00. The Morgan fingerprint density at radius 3 is 2.50 bits per heavy atom. The third-order valence-corrected chi connectivity index (χ3v) is 6.01. The van der Waals surface area contributed by atoms with Gasteiger partial charge in [-0.05, 0) is 36.4 Å². The van der Waals surface area contributed by atoms with Crippen molar-refractivity contribution in [2.45, 2.75) is 0 Å². The molecule has 1 N–H and O–H groups in total. The minimum Gasteiger partial charge on any atom is -0.253 e. The molecular weight excluding hydrogens is 458 g/mol. The first-order valence-corrected chi connectivity index (χ1v) is 10.9. The lowest BCUT2D eigenvalue weighted by Crippen LogP contribution is -1.93. The van der Waals surface area contributed by atoms with Crippen molar-refractivity contribution in [2.24, 2.45) is 5.10 Å². The van der Waals surface area contributed by atoms with Crippen LogP contribution in [0.15, 0.2) is 94.6 Å². The molecule has 2 heterocycles. The highest BCUT2D eigenvalue weighted by atomic mass is 79.9. The number of aromatic nitrogens is 3. The van der Waals surface area contributed by atoms with E-state index >= 15 is 0 Å². The van der Waals surface area contributed by atoms with Crippen molar-refractivity contribution in [1.29, 1.82) is 0 Å². The number of nitrogens with zero attached hydrogens (tertiary/aromatic N) is 4. The lowest BCUT2D eigenvalue weighted by molar-refractivity contribution is 0.884. The second kappa shape index (κ2) is 8.22. The van der Waals surface area contributed by atoms with Crippen LogP contribution in [0, 0.1) is 0 Å². The molecule has 0 saturated heterocycles. The van der Waals surface area contributed by atoms with E-state index in [-0.39, 0.29) is 0 Å². The smallest absolute Gasteiger partial charge is 0.204 e. The molecule has 7 heteroatoms. The van der Waals surface area contributed by atoms with E-state index in [0.29, 0.717) is 0 Å². The van der Waals surface area contributed by atoms with Crippen LogP contribution in [0.3, 0.4) is 0 Å². The summed E-state index contributed by atoms with van der Waals surface area (Å²) in [6.07, 6.45) is 3.77. The Balaban J connectivity index is 1.48. The molecule has 0 aliphatic heterocycles. The number of hydrogen-bond donors (Lipinski definition) is 1. The van der Waals surface area contributed by atoms with Gasteiger partial charge in [-0.25, -0.2) is 9.67 Å². The van der Waals surface area contributed by atoms with Crippen molar-refractivity contribution in [3.8, 4) is 16.9 Å². The number of thiazole rings is 1. The third-order valence-electron chi connectivity index (χ3n) is 4.54. The van der Waals surface area contributed by atoms with E-state index in [1.54, 1.807) is 17.6 Å². The van der Waals surface area contributed by atoms with E-state index in [9.17, 15) is 0 Å². The molecule has 0 atom stereocenters. The summed E-state index contributed by atoms with van der Waals surface area (Å²) in [7, 11) is 0. The van der Waals surface area contributed by atoms with Gasteiger partial charge in [0.05, 0.1) is 22.1 Å². The fraction of sp³-hybridized carbons (Fsp3) is 0. The standard InChI is InChI=1S/C23H16BrN5S/c24-18-12-10-16(11-13-18)22-17(15-29(28-22)19-6-2-1-3-7-19)14-25-27-23-26-20-8-4-5-9-21(20)30-23/h1-15H,(H,26,27)/b25-14-. The van der Waals surface area contributed by atoms with Crippen molar-refractivity contribution in [2.75, 3.05) is 5.43 Å². The Hall–Kier alpha value is -3.29. The minimum absolute atomic E-state index is 0.757. The van der Waals surface area contributed by atoms with Crippen molar-refractivity contribution in [3.05, 3.63) is 95.1 Å². The highest BCUT2D eigenvalue weighted by Gasteiger charge is 2.11. The molecule has 0 spiro atoms. The molecule has 0 fully saturated rings. The number of nitrogens with one attached hydrogen (secondary N) is 1. The fourth-order valence-electron chi connectivity index (χ4n) is 3.10. The Morgan fingerprint density at radius 2 is 1.70 bits per heavy atom. The third kappa shape index (κ3) is 3.90. The Bertz CT molecular complexity index is 1290. The van der Waals surface area contributed by atoms with Crippen molar-refractivity contribution >= 4 is 48.8 Å². The van der Waals surface area contributed by atoms with Gasteiger partial charge in [0.2, 0.25) is 5.13 Å². The molecule has 0 radical (unpaired) electrons. The van der Waals surface area contributed by atoms with Crippen LogP contribution in [0.4, 0.5) is 5.13 Å². The molecule has 5 nitrogen and oxygen atoms in total. The van der Waals surface area contributed by atoms with E-state index in [1.165, 1.54) is 0 Å². The molecule has 2 aromatic heterocycles. The van der Waals surface area contributed by atoms with Crippen LogP contribution in [0.2, 0.25) is 0 Å². The first-order valence-electron chi connectivity index (χ1n) is 9.32. The molecule has 30 heavy (non-hydrogen) atoms. The zero-order valence-corrected chi connectivity index (χ0v) is 18.1. The fourth-order valence-corrected chi connectivity index (χ4v) is 4.18. The molecule has 0 aliphatic carbocycles. The number of hydrogen-bond acceptors (Lipinski definition) is 5. The quantitative estimate of drug-likeness (QED) is 0.238. The first kappa shape index (κ1) is 18.7. The summed E-state index contributed by atoms with van der Waals surface area (Å²) in [6.45, 7) is 0. The van der Waals surface area contributed by atoms with E-state index in [1.807, 2.05) is 83.7 Å². The van der Waals surface area contributed by atoms with Crippen LogP contribution in [-0.2, 0) is 0 Å². The topological polar surface area (TPSA) is 55.1 Å². The van der Waals surface area contributed by atoms with E-state index in [2.05, 4.69) is 37.5 Å². The molecule has 3 aromatic carbocycles. The molecule has 5 rings (SSSR count). The van der Waals surface area contributed by atoms with E-state index in [0.717, 1.165) is 42.3 Å².